The highest BCUT2D eigenvalue weighted by Crippen LogP contribution is 2.53. The maximum atomic E-state index is 6.80. The van der Waals surface area contributed by atoms with E-state index in [2.05, 4.69) is 76.2 Å². The predicted octanol–water partition coefficient (Wildman–Crippen LogP) is 11.4. The Bertz CT molecular complexity index is 2050. The van der Waals surface area contributed by atoms with E-state index in [4.69, 9.17) is 56.8 Å². The van der Waals surface area contributed by atoms with Crippen molar-refractivity contribution in [3.63, 3.8) is 0 Å². The number of ether oxygens (including phenoxy) is 12. The lowest BCUT2D eigenvalue weighted by atomic mass is 9.76. The van der Waals surface area contributed by atoms with E-state index in [1.165, 1.54) is 0 Å². The molecule has 4 atom stereocenters. The molecule has 8 rings (SSSR count). The molecule has 12 heteroatoms. The van der Waals surface area contributed by atoms with Crippen molar-refractivity contribution in [1.29, 1.82) is 0 Å². The van der Waals surface area contributed by atoms with Gasteiger partial charge in [-0.2, -0.15) is 0 Å². The van der Waals surface area contributed by atoms with E-state index >= 15 is 0 Å². The molecule has 0 saturated carbocycles. The van der Waals surface area contributed by atoms with Crippen molar-refractivity contribution < 1.29 is 56.8 Å². The molecular formula is C56H76O12. The van der Waals surface area contributed by atoms with Crippen LogP contribution in [0.3, 0.4) is 0 Å². The van der Waals surface area contributed by atoms with Gasteiger partial charge in [-0.15, -0.1) is 0 Å². The second-order valence-corrected chi connectivity index (χ2v) is 17.7. The zero-order chi connectivity index (χ0) is 47.8. The summed E-state index contributed by atoms with van der Waals surface area (Å²) >= 11 is 0. The summed E-state index contributed by atoms with van der Waals surface area (Å²) in [6.45, 7) is 13.7. The number of hydrogen-bond acceptors (Lipinski definition) is 12. The van der Waals surface area contributed by atoms with Gasteiger partial charge in [-0.1, -0.05) is 53.4 Å². The standard InChI is InChI=1S/C56H76O12/c1-9-13-37-41-29-47-40(16-12-4)44-32-46-38(14-10-2)42-30-48(56(34-50(42)58-6)68-28-24-64-20-18-62-22-26-66-54(46)36-52(44)60-8)39(15-11-3)43-31-45(37)53(35-51(43)59-7)65-25-21-61-17-19-63-23-27-67-55(47)33-49(41)57-5/h29-40H,9-28H2,1-8H3. The Morgan fingerprint density at radius 2 is 0.515 bits per heavy atom. The SMILES string of the molecule is CCCC1c2cc3c(cc2OC)OCCOCCOCCOc2cc(OC)c(cc21)C(CCC)c1cc2c(OC)cc1OCCOCCOCCOc1cc(OC)c(cc1C2CCC)C3CCC. The van der Waals surface area contributed by atoms with Crippen LogP contribution in [0.4, 0.5) is 0 Å². The summed E-state index contributed by atoms with van der Waals surface area (Å²) < 4.78 is 76.9. The first-order valence-electron chi connectivity index (χ1n) is 25.1. The second-order valence-electron chi connectivity index (χ2n) is 17.7. The molecule has 0 amide bonds. The average Bonchev–Trinajstić information content (AvgIpc) is 3.36. The molecule has 0 N–H and O–H groups in total. The molecule has 3 aliphatic heterocycles. The molecule has 10 bridgehead atoms. The van der Waals surface area contributed by atoms with Crippen LogP contribution in [-0.4, -0.2) is 108 Å². The molecule has 0 saturated heterocycles. The maximum Gasteiger partial charge on any atom is 0.126 e. The van der Waals surface area contributed by atoms with Crippen LogP contribution < -0.4 is 37.9 Å². The van der Waals surface area contributed by atoms with Crippen LogP contribution in [0.25, 0.3) is 0 Å². The number of benzene rings is 4. The van der Waals surface area contributed by atoms with E-state index in [0.29, 0.717) is 79.3 Å². The topological polar surface area (TPSA) is 111 Å². The van der Waals surface area contributed by atoms with Gasteiger partial charge < -0.3 is 56.8 Å². The highest BCUT2D eigenvalue weighted by atomic mass is 16.6. The van der Waals surface area contributed by atoms with Crippen molar-refractivity contribution in [3.8, 4) is 46.0 Å². The average molecular weight is 941 g/mol. The Morgan fingerprint density at radius 1 is 0.309 bits per heavy atom. The monoisotopic (exact) mass is 941 g/mol. The summed E-state index contributed by atoms with van der Waals surface area (Å²) in [6.07, 6.45) is 6.90. The van der Waals surface area contributed by atoms with Gasteiger partial charge in [0, 0.05) is 92.4 Å². The summed E-state index contributed by atoms with van der Waals surface area (Å²) in [6, 6.07) is 17.7. The third-order valence-corrected chi connectivity index (χ3v) is 13.4. The molecule has 0 fully saturated rings. The largest absolute Gasteiger partial charge is 0.496 e. The van der Waals surface area contributed by atoms with Crippen LogP contribution in [0.1, 0.15) is 147 Å². The Balaban J connectivity index is 1.67. The van der Waals surface area contributed by atoms with Crippen LogP contribution >= 0.6 is 0 Å². The van der Waals surface area contributed by atoms with E-state index in [1.54, 1.807) is 28.4 Å². The molecule has 0 radical (unpaired) electrons. The molecule has 3 heterocycles. The third kappa shape index (κ3) is 11.7. The summed E-state index contributed by atoms with van der Waals surface area (Å²) in [7, 11) is 7.00. The van der Waals surface area contributed by atoms with Gasteiger partial charge in [0.15, 0.2) is 0 Å². The quantitative estimate of drug-likeness (QED) is 0.126. The fourth-order valence-electron chi connectivity index (χ4n) is 10.3. The summed E-state index contributed by atoms with van der Waals surface area (Å²) in [5.74, 6) is 5.37. The fraction of sp³-hybridized carbons (Fsp3) is 0.571. The minimum atomic E-state index is -0.148. The fourth-order valence-corrected chi connectivity index (χ4v) is 10.3. The molecule has 1 aliphatic carbocycles. The molecule has 4 aromatic carbocycles. The minimum Gasteiger partial charge on any atom is -0.496 e. The lowest BCUT2D eigenvalue weighted by Crippen LogP contribution is -2.16. The molecule has 0 aromatic heterocycles. The van der Waals surface area contributed by atoms with Gasteiger partial charge in [0.2, 0.25) is 0 Å². The van der Waals surface area contributed by atoms with Gasteiger partial charge >= 0.3 is 0 Å². The molecule has 4 aromatic rings. The lowest BCUT2D eigenvalue weighted by molar-refractivity contribution is 0.0271. The zero-order valence-corrected chi connectivity index (χ0v) is 42.0. The van der Waals surface area contributed by atoms with Crippen molar-refractivity contribution in [2.45, 2.75) is 103 Å². The van der Waals surface area contributed by atoms with Crippen molar-refractivity contribution in [3.05, 3.63) is 93.0 Å². The lowest BCUT2D eigenvalue weighted by Gasteiger charge is -2.32. The van der Waals surface area contributed by atoms with Gasteiger partial charge in [0.1, 0.15) is 72.4 Å². The number of rotatable bonds is 12. The summed E-state index contributed by atoms with van der Waals surface area (Å²) in [4.78, 5) is 0. The highest BCUT2D eigenvalue weighted by molar-refractivity contribution is 5.63. The summed E-state index contributed by atoms with van der Waals surface area (Å²) in [5.41, 5.74) is 8.42. The summed E-state index contributed by atoms with van der Waals surface area (Å²) in [5, 5.41) is 0. The first kappa shape index (κ1) is 51.0. The minimum absolute atomic E-state index is 0.141. The van der Waals surface area contributed by atoms with Gasteiger partial charge in [0.05, 0.1) is 81.3 Å². The van der Waals surface area contributed by atoms with Gasteiger partial charge in [-0.25, -0.2) is 0 Å². The van der Waals surface area contributed by atoms with Crippen molar-refractivity contribution >= 4 is 0 Å². The highest BCUT2D eigenvalue weighted by Gasteiger charge is 2.34. The van der Waals surface area contributed by atoms with Crippen LogP contribution in [0.5, 0.6) is 46.0 Å². The van der Waals surface area contributed by atoms with Crippen LogP contribution in [-0.2, 0) is 18.9 Å². The van der Waals surface area contributed by atoms with Gasteiger partial charge in [-0.3, -0.25) is 0 Å². The number of hydrogen-bond donors (Lipinski definition) is 0. The Morgan fingerprint density at radius 3 is 0.706 bits per heavy atom. The van der Waals surface area contributed by atoms with E-state index in [0.717, 1.165) is 142 Å². The molecule has 4 aliphatic rings. The van der Waals surface area contributed by atoms with E-state index in [-0.39, 0.29) is 23.7 Å². The molecule has 372 valence electrons. The number of methoxy groups -OCH3 is 4. The van der Waals surface area contributed by atoms with Crippen molar-refractivity contribution in [2.24, 2.45) is 0 Å². The van der Waals surface area contributed by atoms with Crippen LogP contribution in [0.15, 0.2) is 48.5 Å². The van der Waals surface area contributed by atoms with E-state index in [9.17, 15) is 0 Å². The van der Waals surface area contributed by atoms with Gasteiger partial charge in [-0.05, 0) is 49.9 Å². The molecule has 12 nitrogen and oxygen atoms in total. The van der Waals surface area contributed by atoms with Crippen molar-refractivity contribution in [2.75, 3.05) is 108 Å². The molecule has 4 unspecified atom stereocenters. The van der Waals surface area contributed by atoms with E-state index in [1.807, 2.05) is 0 Å². The zero-order valence-electron chi connectivity index (χ0n) is 42.0. The van der Waals surface area contributed by atoms with Crippen LogP contribution in [0.2, 0.25) is 0 Å². The molecule has 0 spiro atoms. The Hall–Kier alpha value is -4.88. The van der Waals surface area contributed by atoms with Gasteiger partial charge in [0.25, 0.3) is 0 Å². The first-order chi connectivity index (χ1) is 33.4. The first-order valence-corrected chi connectivity index (χ1v) is 25.1. The normalized spacial score (nSPS) is 20.4. The third-order valence-electron chi connectivity index (χ3n) is 13.4. The molecular weight excluding hydrogens is 865 g/mol. The second kappa shape index (κ2) is 25.6. The van der Waals surface area contributed by atoms with Crippen LogP contribution in [0, 0.1) is 0 Å². The maximum absolute atomic E-state index is 6.80. The smallest absolute Gasteiger partial charge is 0.126 e. The van der Waals surface area contributed by atoms with Crippen molar-refractivity contribution in [1.82, 2.24) is 0 Å². The number of fused-ring (bicyclic) bond motifs is 12. The predicted molar refractivity (Wildman–Crippen MR) is 264 cm³/mol. The Kier molecular flexibility index (Phi) is 19.2. The Labute approximate surface area is 405 Å². The van der Waals surface area contributed by atoms with E-state index < -0.39 is 0 Å². The molecule has 68 heavy (non-hydrogen) atoms.